The first-order chi connectivity index (χ1) is 11.1. The molecule has 2 amide bonds. The summed E-state index contributed by atoms with van der Waals surface area (Å²) < 4.78 is 1.73. The van der Waals surface area contributed by atoms with Crippen LogP contribution in [-0.4, -0.2) is 38.6 Å². The minimum absolute atomic E-state index is 0.176. The number of aromatic nitrogens is 3. The van der Waals surface area contributed by atoms with E-state index in [0.29, 0.717) is 11.6 Å². The number of carbonyl (C=O) groups is 1. The monoisotopic (exact) mass is 317 g/mol. The van der Waals surface area contributed by atoms with Crippen LogP contribution in [0.15, 0.2) is 12.3 Å². The number of amides is 2. The maximum Gasteiger partial charge on any atom is 0.319 e. The van der Waals surface area contributed by atoms with Crippen LogP contribution in [-0.2, 0) is 7.05 Å². The second kappa shape index (κ2) is 6.54. The van der Waals surface area contributed by atoms with Crippen molar-refractivity contribution < 1.29 is 9.90 Å². The molecule has 3 rings (SSSR count). The van der Waals surface area contributed by atoms with Gasteiger partial charge in [0.05, 0.1) is 17.6 Å². The number of carbonyl (C=O) groups excluding carboxylic acids is 1. The van der Waals surface area contributed by atoms with Gasteiger partial charge in [0.25, 0.3) is 0 Å². The Kier molecular flexibility index (Phi) is 4.47. The predicted octanol–water partition coefficient (Wildman–Crippen LogP) is 1.95. The van der Waals surface area contributed by atoms with E-state index in [1.807, 2.05) is 20.0 Å². The largest absolute Gasteiger partial charge is 0.396 e. The molecule has 0 aliphatic heterocycles. The highest BCUT2D eigenvalue weighted by molar-refractivity contribution is 5.92. The van der Waals surface area contributed by atoms with Crippen LogP contribution in [0.5, 0.6) is 0 Å². The Morgan fingerprint density at radius 3 is 2.83 bits per heavy atom. The molecule has 2 aromatic rings. The van der Waals surface area contributed by atoms with E-state index in [-0.39, 0.29) is 18.7 Å². The van der Waals surface area contributed by atoms with Crippen LogP contribution in [0.3, 0.4) is 0 Å². The standard InChI is InChI=1S/C16H23N5O2/c1-10-14-7-13(8-17-15(14)21(2)20-10)19-16(23)18-12-5-3-11(9-22)4-6-12/h7-8,11-12,22H,3-6,9H2,1-2H3,(H2,18,19,23). The number of rotatable bonds is 3. The molecule has 3 N–H and O–H groups in total. The molecule has 7 nitrogen and oxygen atoms in total. The zero-order valence-corrected chi connectivity index (χ0v) is 13.5. The smallest absolute Gasteiger partial charge is 0.319 e. The molecular weight excluding hydrogens is 294 g/mol. The maximum absolute atomic E-state index is 12.1. The second-order valence-corrected chi connectivity index (χ2v) is 6.30. The highest BCUT2D eigenvalue weighted by atomic mass is 16.3. The number of hydrogen-bond acceptors (Lipinski definition) is 4. The van der Waals surface area contributed by atoms with Crippen molar-refractivity contribution in [1.82, 2.24) is 20.1 Å². The van der Waals surface area contributed by atoms with Gasteiger partial charge in [0.1, 0.15) is 0 Å². The summed E-state index contributed by atoms with van der Waals surface area (Å²) in [5.74, 6) is 0.385. The number of nitrogens with one attached hydrogen (secondary N) is 2. The SMILES string of the molecule is Cc1nn(C)c2ncc(NC(=O)NC3CCC(CO)CC3)cc12. The van der Waals surface area contributed by atoms with Gasteiger partial charge in [-0.1, -0.05) is 0 Å². The first kappa shape index (κ1) is 15.7. The lowest BCUT2D eigenvalue weighted by molar-refractivity contribution is 0.176. The fourth-order valence-corrected chi connectivity index (χ4v) is 3.22. The van der Waals surface area contributed by atoms with Crippen molar-refractivity contribution >= 4 is 22.8 Å². The van der Waals surface area contributed by atoms with Gasteiger partial charge < -0.3 is 15.7 Å². The van der Waals surface area contributed by atoms with Crippen LogP contribution >= 0.6 is 0 Å². The molecular formula is C16H23N5O2. The van der Waals surface area contributed by atoms with Crippen molar-refractivity contribution in [1.29, 1.82) is 0 Å². The number of aliphatic hydroxyl groups is 1. The Labute approximate surface area is 135 Å². The lowest BCUT2D eigenvalue weighted by Gasteiger charge is -2.27. The van der Waals surface area contributed by atoms with Gasteiger partial charge in [-0.05, 0) is 44.6 Å². The van der Waals surface area contributed by atoms with Crippen molar-refractivity contribution in [2.45, 2.75) is 38.6 Å². The summed E-state index contributed by atoms with van der Waals surface area (Å²) >= 11 is 0. The second-order valence-electron chi connectivity index (χ2n) is 6.30. The van der Waals surface area contributed by atoms with Crippen molar-refractivity contribution in [3.63, 3.8) is 0 Å². The third-order valence-electron chi connectivity index (χ3n) is 4.56. The van der Waals surface area contributed by atoms with E-state index in [1.165, 1.54) is 0 Å². The Morgan fingerprint density at radius 2 is 2.13 bits per heavy atom. The molecule has 124 valence electrons. The van der Waals surface area contributed by atoms with Gasteiger partial charge in [0.15, 0.2) is 5.65 Å². The summed E-state index contributed by atoms with van der Waals surface area (Å²) in [6.07, 6.45) is 5.40. The average molecular weight is 317 g/mol. The zero-order valence-electron chi connectivity index (χ0n) is 13.5. The molecule has 0 aromatic carbocycles. The van der Waals surface area contributed by atoms with Gasteiger partial charge in [0, 0.05) is 25.1 Å². The number of fused-ring (bicyclic) bond motifs is 1. The number of anilines is 1. The fourth-order valence-electron chi connectivity index (χ4n) is 3.22. The number of aliphatic hydroxyl groups excluding tert-OH is 1. The first-order valence-corrected chi connectivity index (χ1v) is 8.04. The van der Waals surface area contributed by atoms with Crippen molar-refractivity contribution in [2.75, 3.05) is 11.9 Å². The Balaban J connectivity index is 1.61. The van der Waals surface area contributed by atoms with E-state index in [1.54, 1.807) is 10.9 Å². The summed E-state index contributed by atoms with van der Waals surface area (Å²) in [5, 5.41) is 20.3. The Morgan fingerprint density at radius 1 is 1.39 bits per heavy atom. The molecule has 0 bridgehead atoms. The summed E-state index contributed by atoms with van der Waals surface area (Å²) in [6, 6.07) is 1.86. The Hall–Kier alpha value is -2.15. The lowest BCUT2D eigenvalue weighted by atomic mass is 9.87. The van der Waals surface area contributed by atoms with Gasteiger partial charge in [-0.2, -0.15) is 5.10 Å². The molecule has 0 radical (unpaired) electrons. The number of urea groups is 1. The van der Waals surface area contributed by atoms with E-state index in [4.69, 9.17) is 5.11 Å². The Bertz CT molecular complexity index is 704. The predicted molar refractivity (Wildman–Crippen MR) is 88.2 cm³/mol. The number of nitrogens with zero attached hydrogens (tertiary/aromatic N) is 3. The zero-order chi connectivity index (χ0) is 16.4. The van der Waals surface area contributed by atoms with Gasteiger partial charge >= 0.3 is 6.03 Å². The summed E-state index contributed by atoms with van der Waals surface area (Å²) in [5.41, 5.74) is 2.35. The molecule has 2 heterocycles. The summed E-state index contributed by atoms with van der Waals surface area (Å²) in [4.78, 5) is 16.5. The minimum Gasteiger partial charge on any atom is -0.396 e. The number of hydrogen-bond donors (Lipinski definition) is 3. The van der Waals surface area contributed by atoms with E-state index in [0.717, 1.165) is 42.4 Å². The van der Waals surface area contributed by atoms with Gasteiger partial charge in [-0.25, -0.2) is 9.78 Å². The van der Waals surface area contributed by atoms with Gasteiger partial charge in [-0.15, -0.1) is 0 Å². The number of aryl methyl sites for hydroxylation is 2. The quantitative estimate of drug-likeness (QED) is 0.807. The minimum atomic E-state index is -0.208. The molecule has 1 aliphatic rings. The molecule has 23 heavy (non-hydrogen) atoms. The van der Waals surface area contributed by atoms with Crippen molar-refractivity contribution in [3.05, 3.63) is 18.0 Å². The van der Waals surface area contributed by atoms with Crippen LogP contribution in [0, 0.1) is 12.8 Å². The molecule has 1 saturated carbocycles. The van der Waals surface area contributed by atoms with Gasteiger partial charge in [-0.3, -0.25) is 4.68 Å². The highest BCUT2D eigenvalue weighted by Gasteiger charge is 2.21. The van der Waals surface area contributed by atoms with Crippen LogP contribution < -0.4 is 10.6 Å². The maximum atomic E-state index is 12.1. The van der Waals surface area contributed by atoms with Crippen LogP contribution in [0.1, 0.15) is 31.4 Å². The first-order valence-electron chi connectivity index (χ1n) is 8.04. The fraction of sp³-hybridized carbons (Fsp3) is 0.562. The molecule has 0 spiro atoms. The highest BCUT2D eigenvalue weighted by Crippen LogP contribution is 2.24. The van der Waals surface area contributed by atoms with Crippen LogP contribution in [0.4, 0.5) is 10.5 Å². The molecule has 0 saturated heterocycles. The van der Waals surface area contributed by atoms with Crippen LogP contribution in [0.25, 0.3) is 11.0 Å². The summed E-state index contributed by atoms with van der Waals surface area (Å²) in [7, 11) is 1.85. The van der Waals surface area contributed by atoms with E-state index in [9.17, 15) is 4.79 Å². The molecule has 7 heteroatoms. The van der Waals surface area contributed by atoms with E-state index in [2.05, 4.69) is 20.7 Å². The van der Waals surface area contributed by atoms with Crippen molar-refractivity contribution in [3.8, 4) is 0 Å². The summed E-state index contributed by atoms with van der Waals surface area (Å²) in [6.45, 7) is 2.17. The third-order valence-corrected chi connectivity index (χ3v) is 4.56. The topological polar surface area (TPSA) is 92.1 Å². The van der Waals surface area contributed by atoms with Crippen molar-refractivity contribution in [2.24, 2.45) is 13.0 Å². The number of pyridine rings is 1. The van der Waals surface area contributed by atoms with Crippen LogP contribution in [0.2, 0.25) is 0 Å². The average Bonchev–Trinajstić information content (AvgIpc) is 2.82. The van der Waals surface area contributed by atoms with Gasteiger partial charge in [0.2, 0.25) is 0 Å². The molecule has 1 aliphatic carbocycles. The third kappa shape index (κ3) is 3.44. The van der Waals surface area contributed by atoms with E-state index >= 15 is 0 Å². The molecule has 0 unspecified atom stereocenters. The lowest BCUT2D eigenvalue weighted by Crippen LogP contribution is -2.40. The van der Waals surface area contributed by atoms with E-state index < -0.39 is 0 Å². The normalized spacial score (nSPS) is 21.3. The molecule has 2 aromatic heterocycles. The molecule has 0 atom stereocenters. The molecule has 1 fully saturated rings.